The van der Waals surface area contributed by atoms with E-state index in [9.17, 15) is 9.18 Å². The van der Waals surface area contributed by atoms with E-state index >= 15 is 0 Å². The van der Waals surface area contributed by atoms with Crippen molar-refractivity contribution in [3.8, 4) is 0 Å². The van der Waals surface area contributed by atoms with Crippen molar-refractivity contribution in [2.24, 2.45) is 11.8 Å². The molecule has 2 heterocycles. The van der Waals surface area contributed by atoms with Crippen LogP contribution < -0.4 is 5.32 Å². The Kier molecular flexibility index (Phi) is 8.43. The minimum Gasteiger partial charge on any atom is -0.349 e. The Morgan fingerprint density at radius 1 is 0.971 bits per heavy atom. The predicted octanol–water partition coefficient (Wildman–Crippen LogP) is 5.49. The molecule has 4 nitrogen and oxygen atoms in total. The fraction of sp³-hybridized carbons (Fsp3) is 0.552. The normalized spacial score (nSPS) is 25.3. The molecule has 1 N–H and O–H groups in total. The van der Waals surface area contributed by atoms with Crippen LogP contribution in [0.1, 0.15) is 55.7 Å². The van der Waals surface area contributed by atoms with Gasteiger partial charge in [0.05, 0.1) is 6.04 Å². The number of rotatable bonds is 7. The number of nitrogens with zero attached hydrogens (tertiary/aromatic N) is 2. The van der Waals surface area contributed by atoms with Crippen LogP contribution in [-0.2, 0) is 11.3 Å². The number of carbonyl (C=O) groups excluding carboxylic acids is 1. The minimum absolute atomic E-state index is 0.161. The van der Waals surface area contributed by atoms with Crippen LogP contribution in [0.4, 0.5) is 4.39 Å². The van der Waals surface area contributed by atoms with E-state index < -0.39 is 0 Å². The van der Waals surface area contributed by atoms with Gasteiger partial charge in [0.25, 0.3) is 0 Å². The molecule has 6 heteroatoms. The van der Waals surface area contributed by atoms with Gasteiger partial charge in [0.15, 0.2) is 0 Å². The number of piperazine rings is 1. The molecule has 5 rings (SSSR count). The predicted molar refractivity (Wildman–Crippen MR) is 141 cm³/mol. The summed E-state index contributed by atoms with van der Waals surface area (Å²) in [5.74, 6) is 2.48. The molecule has 3 aliphatic rings. The molecule has 188 valence electrons. The Balaban J connectivity index is 1.08. The molecule has 2 aromatic rings. The Hall–Kier alpha value is -1.89. The van der Waals surface area contributed by atoms with Crippen molar-refractivity contribution >= 4 is 17.7 Å². The Bertz CT molecular complexity index is 976. The van der Waals surface area contributed by atoms with E-state index in [-0.39, 0.29) is 17.8 Å². The van der Waals surface area contributed by atoms with Gasteiger partial charge in [-0.3, -0.25) is 9.69 Å². The maximum absolute atomic E-state index is 13.1. The van der Waals surface area contributed by atoms with E-state index in [1.165, 1.54) is 54.0 Å². The Labute approximate surface area is 213 Å². The summed E-state index contributed by atoms with van der Waals surface area (Å²) in [6, 6.07) is 15.7. The molecular weight excluding hydrogens is 457 g/mol. The van der Waals surface area contributed by atoms with E-state index in [1.54, 1.807) is 0 Å². The number of nitrogens with one attached hydrogen (secondary N) is 1. The number of hydrogen-bond acceptors (Lipinski definition) is 4. The van der Waals surface area contributed by atoms with Gasteiger partial charge in [-0.1, -0.05) is 43.2 Å². The molecule has 1 amide bonds. The molecule has 1 saturated heterocycles. The summed E-state index contributed by atoms with van der Waals surface area (Å²) in [6.45, 7) is 5.94. The highest BCUT2D eigenvalue weighted by atomic mass is 32.2. The highest BCUT2D eigenvalue weighted by Gasteiger charge is 2.37. The summed E-state index contributed by atoms with van der Waals surface area (Å²) in [5, 5.41) is 3.48. The average Bonchev–Trinajstić information content (AvgIpc) is 3.04. The first-order chi connectivity index (χ1) is 17.2. The average molecular weight is 496 g/mol. The molecule has 2 aromatic carbocycles. The first-order valence-electron chi connectivity index (χ1n) is 13.4. The number of benzene rings is 2. The van der Waals surface area contributed by atoms with Crippen LogP contribution in [0.25, 0.3) is 0 Å². The lowest BCUT2D eigenvalue weighted by Crippen LogP contribution is -2.46. The molecular formula is C29H38FN3OS. The number of hydrogen-bond donors (Lipinski definition) is 1. The third-order valence-corrected chi connectivity index (χ3v) is 9.36. The monoisotopic (exact) mass is 495 g/mol. The van der Waals surface area contributed by atoms with Gasteiger partial charge in [0.2, 0.25) is 5.91 Å². The number of carbonyl (C=O) groups is 1. The number of thioether (sulfide) groups is 1. The van der Waals surface area contributed by atoms with Crippen molar-refractivity contribution in [3.63, 3.8) is 0 Å². The topological polar surface area (TPSA) is 35.6 Å². The zero-order valence-electron chi connectivity index (χ0n) is 20.6. The molecule has 2 fully saturated rings. The lowest BCUT2D eigenvalue weighted by Gasteiger charge is -2.36. The summed E-state index contributed by atoms with van der Waals surface area (Å²) < 4.78 is 13.1. The van der Waals surface area contributed by atoms with Crippen LogP contribution in [0.5, 0.6) is 0 Å². The van der Waals surface area contributed by atoms with Crippen LogP contribution in [0.2, 0.25) is 0 Å². The summed E-state index contributed by atoms with van der Waals surface area (Å²) in [5.41, 5.74) is 2.49. The van der Waals surface area contributed by atoms with E-state index in [0.717, 1.165) is 51.3 Å². The summed E-state index contributed by atoms with van der Waals surface area (Å²) in [4.78, 5) is 19.3. The van der Waals surface area contributed by atoms with Crippen molar-refractivity contribution in [2.75, 3.05) is 38.5 Å². The van der Waals surface area contributed by atoms with Gasteiger partial charge in [-0.05, 0) is 67.0 Å². The number of fused-ring (bicyclic) bond motifs is 2. The van der Waals surface area contributed by atoms with Crippen LogP contribution >= 0.6 is 11.8 Å². The van der Waals surface area contributed by atoms with E-state index in [2.05, 4.69) is 39.4 Å². The van der Waals surface area contributed by atoms with Crippen molar-refractivity contribution in [3.05, 3.63) is 65.5 Å². The number of amides is 1. The quantitative estimate of drug-likeness (QED) is 0.551. The van der Waals surface area contributed by atoms with Crippen LogP contribution in [0, 0.1) is 17.7 Å². The van der Waals surface area contributed by atoms with Gasteiger partial charge < -0.3 is 10.2 Å². The maximum Gasteiger partial charge on any atom is 0.220 e. The van der Waals surface area contributed by atoms with Crippen molar-refractivity contribution < 1.29 is 9.18 Å². The zero-order valence-corrected chi connectivity index (χ0v) is 21.4. The molecule has 35 heavy (non-hydrogen) atoms. The second kappa shape index (κ2) is 11.9. The molecule has 0 radical (unpaired) electrons. The third kappa shape index (κ3) is 6.46. The summed E-state index contributed by atoms with van der Waals surface area (Å²) in [6.07, 6.45) is 6.64. The van der Waals surface area contributed by atoms with E-state index in [1.807, 2.05) is 23.9 Å². The summed E-state index contributed by atoms with van der Waals surface area (Å²) in [7, 11) is 0. The molecule has 0 aromatic heterocycles. The van der Waals surface area contributed by atoms with E-state index in [0.29, 0.717) is 18.3 Å². The van der Waals surface area contributed by atoms with Gasteiger partial charge in [0, 0.05) is 49.8 Å². The van der Waals surface area contributed by atoms with Crippen molar-refractivity contribution in [1.82, 2.24) is 15.1 Å². The minimum atomic E-state index is -0.177. The first-order valence-corrected chi connectivity index (χ1v) is 14.3. The molecule has 1 aliphatic carbocycles. The third-order valence-electron chi connectivity index (χ3n) is 8.08. The molecule has 0 spiro atoms. The van der Waals surface area contributed by atoms with Crippen molar-refractivity contribution in [2.45, 2.75) is 56.0 Å². The SMILES string of the molecule is O=C(CCCN1CCN(Cc2ccc(F)cc2)CC1)N[C@H]1c2ccccc2SC[C@@H]2CCCC[C@H]21. The second-order valence-electron chi connectivity index (χ2n) is 10.5. The largest absolute Gasteiger partial charge is 0.349 e. The lowest BCUT2D eigenvalue weighted by atomic mass is 9.74. The van der Waals surface area contributed by atoms with Crippen LogP contribution in [-0.4, -0.2) is 54.2 Å². The fourth-order valence-corrected chi connectivity index (χ4v) is 7.44. The van der Waals surface area contributed by atoms with Gasteiger partial charge in [-0.15, -0.1) is 11.8 Å². The lowest BCUT2D eigenvalue weighted by molar-refractivity contribution is -0.122. The maximum atomic E-state index is 13.1. The highest BCUT2D eigenvalue weighted by Crippen LogP contribution is 2.46. The second-order valence-corrected chi connectivity index (χ2v) is 11.5. The Morgan fingerprint density at radius 3 is 2.54 bits per heavy atom. The zero-order chi connectivity index (χ0) is 24.0. The summed E-state index contributed by atoms with van der Waals surface area (Å²) >= 11 is 1.99. The standard InChI is InChI=1S/C29H38FN3OS/c30-24-13-11-22(12-14-24)20-33-18-16-32(17-19-33)15-5-10-28(34)31-29-25-7-2-1-6-23(25)21-35-27-9-4-3-8-26(27)29/h3-4,8-9,11-14,23,25,29H,1-2,5-7,10,15-21H2,(H,31,34)/t23-,25+,29+/m0/s1. The van der Waals surface area contributed by atoms with Gasteiger partial charge in [-0.25, -0.2) is 4.39 Å². The van der Waals surface area contributed by atoms with Gasteiger partial charge in [0.1, 0.15) is 5.82 Å². The van der Waals surface area contributed by atoms with Gasteiger partial charge >= 0.3 is 0 Å². The Morgan fingerprint density at radius 2 is 1.71 bits per heavy atom. The van der Waals surface area contributed by atoms with Crippen LogP contribution in [0.3, 0.4) is 0 Å². The highest BCUT2D eigenvalue weighted by molar-refractivity contribution is 7.99. The van der Waals surface area contributed by atoms with Gasteiger partial charge in [-0.2, -0.15) is 0 Å². The smallest absolute Gasteiger partial charge is 0.220 e. The molecule has 1 saturated carbocycles. The van der Waals surface area contributed by atoms with E-state index in [4.69, 9.17) is 0 Å². The molecule has 0 bridgehead atoms. The first kappa shape index (κ1) is 24.8. The molecule has 2 aliphatic heterocycles. The molecule has 0 unspecified atom stereocenters. The fourth-order valence-electron chi connectivity index (χ4n) is 6.09. The van der Waals surface area contributed by atoms with Crippen LogP contribution in [0.15, 0.2) is 53.4 Å². The number of halogens is 1. The molecule has 3 atom stereocenters. The van der Waals surface area contributed by atoms with Crippen molar-refractivity contribution in [1.29, 1.82) is 0 Å².